The Morgan fingerprint density at radius 3 is 3.08 bits per heavy atom. The number of furan rings is 1. The van der Waals surface area contributed by atoms with Crippen molar-refractivity contribution in [1.29, 1.82) is 0 Å². The van der Waals surface area contributed by atoms with E-state index in [1.807, 2.05) is 23.9 Å². The van der Waals surface area contributed by atoms with Crippen molar-refractivity contribution in [2.45, 2.75) is 30.6 Å². The maximum Gasteiger partial charge on any atom is 0.133 e. The molecule has 3 heteroatoms. The average molecular weight is 198 g/mol. The number of aliphatic hydroxyl groups is 1. The molecule has 0 spiro atoms. The molecule has 0 amide bonds. The van der Waals surface area contributed by atoms with Crippen molar-refractivity contribution in [2.75, 3.05) is 5.75 Å². The van der Waals surface area contributed by atoms with E-state index in [1.54, 1.807) is 6.26 Å². The van der Waals surface area contributed by atoms with E-state index < -0.39 is 6.10 Å². The Morgan fingerprint density at radius 2 is 2.54 bits per heavy atom. The fraction of sp³-hybridized carbons (Fsp3) is 0.600. The highest BCUT2D eigenvalue weighted by atomic mass is 32.2. The molecule has 1 aliphatic heterocycles. The van der Waals surface area contributed by atoms with Crippen LogP contribution in [0.5, 0.6) is 0 Å². The Morgan fingerprint density at radius 1 is 1.69 bits per heavy atom. The quantitative estimate of drug-likeness (QED) is 0.793. The van der Waals surface area contributed by atoms with Crippen LogP contribution in [0.1, 0.15) is 31.6 Å². The minimum atomic E-state index is -0.463. The van der Waals surface area contributed by atoms with Gasteiger partial charge in [0.05, 0.1) is 6.26 Å². The third-order valence-corrected chi connectivity index (χ3v) is 4.22. The average Bonchev–Trinajstić information content (AvgIpc) is 2.73. The largest absolute Gasteiger partial charge is 0.467 e. The van der Waals surface area contributed by atoms with E-state index in [0.29, 0.717) is 5.76 Å². The van der Waals surface area contributed by atoms with Crippen LogP contribution >= 0.6 is 11.8 Å². The van der Waals surface area contributed by atoms with E-state index in [9.17, 15) is 5.11 Å². The standard InChI is InChI=1S/C10H14O2S/c1-10(5-3-7-13-10)9(11)8-4-2-6-12-8/h2,4,6,9,11H,3,5,7H2,1H3. The second-order valence-corrected chi connectivity index (χ2v) is 5.31. The zero-order valence-corrected chi connectivity index (χ0v) is 8.51. The van der Waals surface area contributed by atoms with Crippen molar-refractivity contribution in [1.82, 2.24) is 0 Å². The predicted molar refractivity (Wildman–Crippen MR) is 53.8 cm³/mol. The molecule has 2 atom stereocenters. The van der Waals surface area contributed by atoms with E-state index >= 15 is 0 Å². The summed E-state index contributed by atoms with van der Waals surface area (Å²) < 4.78 is 5.17. The highest BCUT2D eigenvalue weighted by molar-refractivity contribution is 8.00. The molecular weight excluding hydrogens is 184 g/mol. The van der Waals surface area contributed by atoms with E-state index in [1.165, 1.54) is 6.42 Å². The molecule has 0 aliphatic carbocycles. The third kappa shape index (κ3) is 1.63. The van der Waals surface area contributed by atoms with Gasteiger partial charge in [0.15, 0.2) is 0 Å². The lowest BCUT2D eigenvalue weighted by Crippen LogP contribution is -2.25. The fourth-order valence-electron chi connectivity index (χ4n) is 1.76. The van der Waals surface area contributed by atoms with Gasteiger partial charge >= 0.3 is 0 Å². The van der Waals surface area contributed by atoms with Gasteiger partial charge in [-0.1, -0.05) is 0 Å². The normalized spacial score (nSPS) is 30.6. The van der Waals surface area contributed by atoms with Gasteiger partial charge in [0.25, 0.3) is 0 Å². The number of rotatable bonds is 2. The van der Waals surface area contributed by atoms with Gasteiger partial charge in [-0.2, -0.15) is 11.8 Å². The molecule has 0 saturated carbocycles. The van der Waals surface area contributed by atoms with Gasteiger partial charge in [-0.05, 0) is 37.7 Å². The van der Waals surface area contributed by atoms with E-state index in [-0.39, 0.29) is 4.75 Å². The fourth-order valence-corrected chi connectivity index (χ4v) is 3.08. The Balaban J connectivity index is 2.16. The van der Waals surface area contributed by atoms with Crippen molar-refractivity contribution < 1.29 is 9.52 Å². The van der Waals surface area contributed by atoms with Crippen LogP contribution in [0, 0.1) is 0 Å². The van der Waals surface area contributed by atoms with Crippen LogP contribution < -0.4 is 0 Å². The molecule has 1 aromatic rings. The van der Waals surface area contributed by atoms with Crippen LogP contribution in [0.25, 0.3) is 0 Å². The van der Waals surface area contributed by atoms with Gasteiger partial charge in [-0.15, -0.1) is 0 Å². The molecule has 2 rings (SSSR count). The summed E-state index contributed by atoms with van der Waals surface area (Å²) in [7, 11) is 0. The molecule has 2 unspecified atom stereocenters. The molecule has 1 aliphatic rings. The van der Waals surface area contributed by atoms with Crippen LogP contribution in [0.3, 0.4) is 0 Å². The summed E-state index contributed by atoms with van der Waals surface area (Å²) >= 11 is 1.84. The monoisotopic (exact) mass is 198 g/mol. The van der Waals surface area contributed by atoms with E-state index in [0.717, 1.165) is 12.2 Å². The molecule has 2 nitrogen and oxygen atoms in total. The Kier molecular flexibility index (Phi) is 2.39. The topological polar surface area (TPSA) is 33.4 Å². The smallest absolute Gasteiger partial charge is 0.133 e. The van der Waals surface area contributed by atoms with Crippen LogP contribution in [-0.2, 0) is 0 Å². The molecule has 1 N–H and O–H groups in total. The zero-order valence-electron chi connectivity index (χ0n) is 7.69. The van der Waals surface area contributed by atoms with Gasteiger partial charge < -0.3 is 9.52 Å². The van der Waals surface area contributed by atoms with Crippen molar-refractivity contribution in [3.63, 3.8) is 0 Å². The molecule has 1 aromatic heterocycles. The second kappa shape index (κ2) is 3.39. The minimum absolute atomic E-state index is 0.0438. The molecule has 0 aromatic carbocycles. The zero-order chi connectivity index (χ0) is 9.31. The predicted octanol–water partition coefficient (Wildman–Crippen LogP) is 2.60. The Labute approximate surface area is 82.3 Å². The van der Waals surface area contributed by atoms with Crippen molar-refractivity contribution in [2.24, 2.45) is 0 Å². The first kappa shape index (κ1) is 9.16. The minimum Gasteiger partial charge on any atom is -0.467 e. The summed E-state index contributed by atoms with van der Waals surface area (Å²) in [5, 5.41) is 10.1. The van der Waals surface area contributed by atoms with Gasteiger partial charge in [0.2, 0.25) is 0 Å². The van der Waals surface area contributed by atoms with Crippen molar-refractivity contribution >= 4 is 11.8 Å². The third-order valence-electron chi connectivity index (χ3n) is 2.64. The molecule has 0 radical (unpaired) electrons. The SMILES string of the molecule is CC1(C(O)c2ccco2)CCCS1. The van der Waals surface area contributed by atoms with Crippen LogP contribution in [0.2, 0.25) is 0 Å². The molecule has 72 valence electrons. The Bertz CT molecular complexity index is 262. The second-order valence-electron chi connectivity index (χ2n) is 3.68. The first-order valence-corrected chi connectivity index (χ1v) is 5.56. The van der Waals surface area contributed by atoms with Crippen molar-refractivity contribution in [3.05, 3.63) is 24.2 Å². The molecule has 1 fully saturated rings. The van der Waals surface area contributed by atoms with E-state index in [4.69, 9.17) is 4.42 Å². The van der Waals surface area contributed by atoms with Gasteiger partial charge in [0.1, 0.15) is 11.9 Å². The summed E-state index contributed by atoms with van der Waals surface area (Å²) in [6.45, 7) is 2.11. The highest BCUT2D eigenvalue weighted by Crippen LogP contribution is 2.46. The summed E-state index contributed by atoms with van der Waals surface area (Å²) in [6.07, 6.45) is 3.41. The number of hydrogen-bond donors (Lipinski definition) is 1. The summed E-state index contributed by atoms with van der Waals surface area (Å²) in [6, 6.07) is 3.66. The molecule has 0 bridgehead atoms. The van der Waals surface area contributed by atoms with E-state index in [2.05, 4.69) is 6.92 Å². The number of hydrogen-bond acceptors (Lipinski definition) is 3. The maximum absolute atomic E-state index is 10.1. The number of aliphatic hydroxyl groups excluding tert-OH is 1. The lowest BCUT2D eigenvalue weighted by atomic mass is 9.97. The highest BCUT2D eigenvalue weighted by Gasteiger charge is 2.38. The number of thioether (sulfide) groups is 1. The first-order chi connectivity index (χ1) is 6.22. The van der Waals surface area contributed by atoms with Crippen LogP contribution in [0.15, 0.2) is 22.8 Å². The van der Waals surface area contributed by atoms with Crippen molar-refractivity contribution in [3.8, 4) is 0 Å². The maximum atomic E-state index is 10.1. The lowest BCUT2D eigenvalue weighted by molar-refractivity contribution is 0.110. The summed E-state index contributed by atoms with van der Waals surface area (Å²) in [5.41, 5.74) is 0. The molecule has 2 heterocycles. The Hall–Kier alpha value is -0.410. The van der Waals surface area contributed by atoms with Crippen LogP contribution in [0.4, 0.5) is 0 Å². The molecule has 1 saturated heterocycles. The van der Waals surface area contributed by atoms with Gasteiger partial charge in [-0.3, -0.25) is 0 Å². The summed E-state index contributed by atoms with van der Waals surface area (Å²) in [4.78, 5) is 0. The van der Waals surface area contributed by atoms with Gasteiger partial charge in [0, 0.05) is 4.75 Å². The molecular formula is C10H14O2S. The van der Waals surface area contributed by atoms with Crippen LogP contribution in [-0.4, -0.2) is 15.6 Å². The lowest BCUT2D eigenvalue weighted by Gasteiger charge is -2.27. The van der Waals surface area contributed by atoms with Gasteiger partial charge in [-0.25, -0.2) is 0 Å². The summed E-state index contributed by atoms with van der Waals surface area (Å²) in [5.74, 6) is 1.84. The molecule has 13 heavy (non-hydrogen) atoms. The first-order valence-electron chi connectivity index (χ1n) is 4.58.